The largest absolute Gasteiger partial charge is 0.493 e. The van der Waals surface area contributed by atoms with Gasteiger partial charge in [0.2, 0.25) is 0 Å². The van der Waals surface area contributed by atoms with Crippen LogP contribution < -0.4 is 14.4 Å². The predicted molar refractivity (Wildman–Crippen MR) is 137 cm³/mol. The number of carbonyl (C=O) groups is 3. The molecule has 0 saturated carbocycles. The lowest BCUT2D eigenvalue weighted by Gasteiger charge is -2.36. The van der Waals surface area contributed by atoms with Crippen LogP contribution in [0.5, 0.6) is 11.5 Å². The fraction of sp³-hybridized carbons (Fsp3) is 0.222. The molecule has 36 heavy (non-hydrogen) atoms. The molecule has 3 aromatic rings. The number of anilines is 1. The van der Waals surface area contributed by atoms with Gasteiger partial charge in [-0.15, -0.1) is 0 Å². The Hall–Kier alpha value is -3.55. The van der Waals surface area contributed by atoms with Crippen molar-refractivity contribution >= 4 is 46.6 Å². The molecule has 184 valence electrons. The first-order valence-electron chi connectivity index (χ1n) is 11.3. The van der Waals surface area contributed by atoms with Crippen molar-refractivity contribution in [2.75, 3.05) is 25.7 Å². The van der Waals surface area contributed by atoms with Crippen LogP contribution in [0.3, 0.4) is 0 Å². The second-order valence-electron chi connectivity index (χ2n) is 8.63. The highest BCUT2D eigenvalue weighted by Gasteiger charge is 2.39. The average Bonchev–Trinajstić information content (AvgIpc) is 3.13. The Kier molecular flexibility index (Phi) is 6.14. The maximum absolute atomic E-state index is 13.6. The van der Waals surface area contributed by atoms with Crippen LogP contribution >= 0.6 is 23.2 Å². The van der Waals surface area contributed by atoms with E-state index in [0.29, 0.717) is 35.1 Å². The highest BCUT2D eigenvalue weighted by atomic mass is 35.5. The van der Waals surface area contributed by atoms with E-state index in [1.165, 1.54) is 24.3 Å². The zero-order valence-corrected chi connectivity index (χ0v) is 21.3. The Bertz CT molecular complexity index is 1440. The molecule has 0 fully saturated rings. The molecule has 2 heterocycles. The molecule has 0 aromatic heterocycles. The fourth-order valence-corrected chi connectivity index (χ4v) is 5.21. The van der Waals surface area contributed by atoms with Crippen molar-refractivity contribution in [2.45, 2.75) is 19.4 Å². The van der Waals surface area contributed by atoms with Crippen molar-refractivity contribution in [1.29, 1.82) is 0 Å². The third kappa shape index (κ3) is 3.79. The Labute approximate surface area is 218 Å². The van der Waals surface area contributed by atoms with Crippen LogP contribution in [0.4, 0.5) is 5.69 Å². The van der Waals surface area contributed by atoms with Gasteiger partial charge in [0.05, 0.1) is 42.1 Å². The van der Waals surface area contributed by atoms with Gasteiger partial charge in [0.15, 0.2) is 11.5 Å². The van der Waals surface area contributed by atoms with E-state index in [9.17, 15) is 14.4 Å². The van der Waals surface area contributed by atoms with Crippen LogP contribution in [-0.2, 0) is 6.42 Å². The van der Waals surface area contributed by atoms with Crippen LogP contribution in [0.15, 0.2) is 48.5 Å². The molecule has 0 aliphatic carbocycles. The van der Waals surface area contributed by atoms with E-state index < -0.39 is 11.8 Å². The smallest absolute Gasteiger partial charge is 0.266 e. The fourth-order valence-electron chi connectivity index (χ4n) is 4.84. The molecule has 5 rings (SSSR count). The molecule has 3 amide bonds. The van der Waals surface area contributed by atoms with Gasteiger partial charge >= 0.3 is 0 Å². The monoisotopic (exact) mass is 524 g/mol. The number of benzene rings is 3. The van der Waals surface area contributed by atoms with E-state index in [4.69, 9.17) is 32.7 Å². The topological polar surface area (TPSA) is 76.2 Å². The number of nitrogens with zero attached hydrogens (tertiary/aromatic N) is 2. The molecular weight excluding hydrogens is 503 g/mol. The molecule has 7 nitrogen and oxygen atoms in total. The summed E-state index contributed by atoms with van der Waals surface area (Å²) in [4.78, 5) is 42.6. The summed E-state index contributed by atoms with van der Waals surface area (Å²) in [5, 5.41) is 0.563. The molecule has 0 saturated heterocycles. The maximum Gasteiger partial charge on any atom is 0.266 e. The number of methoxy groups -OCH3 is 2. The van der Waals surface area contributed by atoms with Crippen molar-refractivity contribution < 1.29 is 23.9 Å². The molecule has 0 bridgehead atoms. The normalized spacial score (nSPS) is 16.6. The van der Waals surface area contributed by atoms with Crippen molar-refractivity contribution in [3.8, 4) is 11.5 Å². The highest BCUT2D eigenvalue weighted by Crippen LogP contribution is 2.39. The van der Waals surface area contributed by atoms with Gasteiger partial charge in [-0.3, -0.25) is 14.4 Å². The van der Waals surface area contributed by atoms with Crippen LogP contribution in [-0.4, -0.2) is 43.4 Å². The number of halogens is 2. The van der Waals surface area contributed by atoms with E-state index in [-0.39, 0.29) is 33.8 Å². The summed E-state index contributed by atoms with van der Waals surface area (Å²) in [6.07, 6.45) is 0.648. The van der Waals surface area contributed by atoms with Gasteiger partial charge in [-0.2, -0.15) is 0 Å². The number of rotatable bonds is 4. The van der Waals surface area contributed by atoms with Gasteiger partial charge in [0.1, 0.15) is 0 Å². The second-order valence-corrected chi connectivity index (χ2v) is 9.48. The molecule has 2 aliphatic rings. The lowest BCUT2D eigenvalue weighted by atomic mass is 9.92. The van der Waals surface area contributed by atoms with E-state index in [1.54, 1.807) is 31.3 Å². The number of hydrogen-bond donors (Lipinski definition) is 0. The van der Waals surface area contributed by atoms with Gasteiger partial charge in [-0.25, -0.2) is 4.90 Å². The molecule has 9 heteroatoms. The van der Waals surface area contributed by atoms with E-state index in [2.05, 4.69) is 0 Å². The molecule has 3 aromatic carbocycles. The van der Waals surface area contributed by atoms with Crippen molar-refractivity contribution in [3.05, 3.63) is 86.4 Å². The summed E-state index contributed by atoms with van der Waals surface area (Å²) >= 11 is 12.3. The minimum Gasteiger partial charge on any atom is -0.493 e. The third-order valence-electron chi connectivity index (χ3n) is 6.73. The standard InChI is InChI=1S/C27H22Cl2N2O5/c1-14-19-13-24(36-3)23(35-2)11-15(19)8-9-30(14)25(32)16-4-6-18-20(10-16)27(34)31(26(18)33)22-12-17(28)5-7-21(22)29/h4-7,10-14H,8-9H2,1-3H3/t14-/m0/s1. The molecule has 1 atom stereocenters. The van der Waals surface area contributed by atoms with Gasteiger partial charge in [0, 0.05) is 17.1 Å². The zero-order valence-electron chi connectivity index (χ0n) is 19.8. The van der Waals surface area contributed by atoms with Gasteiger partial charge < -0.3 is 14.4 Å². The minimum atomic E-state index is -0.553. The Morgan fingerprint density at radius 1 is 0.917 bits per heavy atom. The lowest BCUT2D eigenvalue weighted by Crippen LogP contribution is -2.39. The quantitative estimate of drug-likeness (QED) is 0.417. The SMILES string of the molecule is COc1cc2c(cc1OC)[C@H](C)N(C(=O)c1ccc3c(c1)C(=O)N(c1cc(Cl)ccc1Cl)C3=O)CC2. The number of carbonyl (C=O) groups excluding carboxylic acids is 3. The van der Waals surface area contributed by atoms with Crippen LogP contribution in [0.2, 0.25) is 10.0 Å². The molecule has 0 spiro atoms. The van der Waals surface area contributed by atoms with Crippen molar-refractivity contribution in [2.24, 2.45) is 0 Å². The summed E-state index contributed by atoms with van der Waals surface area (Å²) in [5.41, 5.74) is 2.95. The van der Waals surface area contributed by atoms with Crippen LogP contribution in [0, 0.1) is 0 Å². The van der Waals surface area contributed by atoms with Gasteiger partial charge in [-0.05, 0) is 73.0 Å². The number of fused-ring (bicyclic) bond motifs is 2. The van der Waals surface area contributed by atoms with E-state index in [0.717, 1.165) is 16.0 Å². The molecule has 0 unspecified atom stereocenters. The van der Waals surface area contributed by atoms with Crippen LogP contribution in [0.1, 0.15) is 55.2 Å². The second kappa shape index (κ2) is 9.15. The first-order chi connectivity index (χ1) is 17.2. The lowest BCUT2D eigenvalue weighted by molar-refractivity contribution is 0.0677. The van der Waals surface area contributed by atoms with Gasteiger partial charge in [-0.1, -0.05) is 23.2 Å². The zero-order chi connectivity index (χ0) is 25.7. The Balaban J connectivity index is 1.46. The number of ether oxygens (including phenoxy) is 2. The maximum atomic E-state index is 13.6. The number of hydrogen-bond acceptors (Lipinski definition) is 5. The predicted octanol–water partition coefficient (Wildman–Crippen LogP) is 5.57. The first-order valence-corrected chi connectivity index (χ1v) is 12.0. The Morgan fingerprint density at radius 2 is 1.61 bits per heavy atom. The minimum absolute atomic E-state index is 0.151. The summed E-state index contributed by atoms with van der Waals surface area (Å²) in [6.45, 7) is 2.45. The Morgan fingerprint density at radius 3 is 2.33 bits per heavy atom. The molecular formula is C27H22Cl2N2O5. The molecule has 0 radical (unpaired) electrons. The van der Waals surface area contributed by atoms with Crippen molar-refractivity contribution in [1.82, 2.24) is 4.90 Å². The average molecular weight is 525 g/mol. The van der Waals surface area contributed by atoms with Gasteiger partial charge in [0.25, 0.3) is 17.7 Å². The first kappa shape index (κ1) is 24.2. The molecule has 0 N–H and O–H groups in total. The number of amides is 3. The summed E-state index contributed by atoms with van der Waals surface area (Å²) in [6, 6.07) is 12.8. The summed E-state index contributed by atoms with van der Waals surface area (Å²) < 4.78 is 10.9. The van der Waals surface area contributed by atoms with Crippen molar-refractivity contribution in [3.63, 3.8) is 0 Å². The summed E-state index contributed by atoms with van der Waals surface area (Å²) in [7, 11) is 3.16. The number of imide groups is 1. The molecule has 2 aliphatic heterocycles. The third-order valence-corrected chi connectivity index (χ3v) is 7.28. The van der Waals surface area contributed by atoms with E-state index in [1.807, 2.05) is 19.1 Å². The van der Waals surface area contributed by atoms with E-state index >= 15 is 0 Å². The highest BCUT2D eigenvalue weighted by molar-refractivity contribution is 6.41. The van der Waals surface area contributed by atoms with Crippen LogP contribution in [0.25, 0.3) is 0 Å². The summed E-state index contributed by atoms with van der Waals surface area (Å²) in [5.74, 6) is -0.0550.